The summed E-state index contributed by atoms with van der Waals surface area (Å²) in [5, 5.41) is 0. The van der Waals surface area contributed by atoms with Gasteiger partial charge in [0.2, 0.25) is 11.9 Å². The lowest BCUT2D eigenvalue weighted by atomic mass is 10.2. The summed E-state index contributed by atoms with van der Waals surface area (Å²) < 4.78 is 7.79. The summed E-state index contributed by atoms with van der Waals surface area (Å²) in [5.74, 6) is 1.56. The highest BCUT2D eigenvalue weighted by molar-refractivity contribution is 5.79. The number of hydrogen-bond donors (Lipinski definition) is 3. The van der Waals surface area contributed by atoms with E-state index in [2.05, 4.69) is 15.9 Å². The van der Waals surface area contributed by atoms with E-state index in [0.717, 1.165) is 4.57 Å². The van der Waals surface area contributed by atoms with Crippen molar-refractivity contribution in [2.24, 2.45) is 5.73 Å². The number of carbonyl (C=O) groups excluding carboxylic acids is 1. The highest BCUT2D eigenvalue weighted by atomic mass is 16.5. The molecule has 3 rings (SSSR count). The summed E-state index contributed by atoms with van der Waals surface area (Å²) in [6.45, 7) is -0.108. The van der Waals surface area contributed by atoms with Gasteiger partial charge in [0.15, 0.2) is 11.2 Å². The minimum absolute atomic E-state index is 0.00766. The second-order valence-electron chi connectivity index (χ2n) is 5.13. The van der Waals surface area contributed by atoms with Crippen molar-refractivity contribution in [3.63, 3.8) is 0 Å². The number of aromatic nitrogens is 4. The first-order valence-corrected chi connectivity index (χ1v) is 6.82. The lowest BCUT2D eigenvalue weighted by Crippen LogP contribution is -2.31. The van der Waals surface area contributed by atoms with Gasteiger partial charge in [0, 0.05) is 0 Å². The van der Waals surface area contributed by atoms with E-state index >= 15 is 0 Å². The van der Waals surface area contributed by atoms with Gasteiger partial charge in [0.25, 0.3) is 5.56 Å². The van der Waals surface area contributed by atoms with Crippen molar-refractivity contribution in [1.29, 1.82) is 0 Å². The minimum atomic E-state index is -0.794. The molecule has 2 aromatic heterocycles. The van der Waals surface area contributed by atoms with Crippen molar-refractivity contribution >= 4 is 23.0 Å². The molecule has 120 valence electrons. The minimum Gasteiger partial charge on any atom is -0.369 e. The Kier molecular flexibility index (Phi) is 3.42. The van der Waals surface area contributed by atoms with Crippen molar-refractivity contribution in [2.75, 3.05) is 5.73 Å². The van der Waals surface area contributed by atoms with E-state index in [0.29, 0.717) is 12.8 Å². The van der Waals surface area contributed by atoms with Crippen LogP contribution in [0, 0.1) is 12.3 Å². The van der Waals surface area contributed by atoms with E-state index in [9.17, 15) is 14.4 Å². The van der Waals surface area contributed by atoms with Gasteiger partial charge >= 0.3 is 5.69 Å². The summed E-state index contributed by atoms with van der Waals surface area (Å²) >= 11 is 0. The molecule has 10 nitrogen and oxygen atoms in total. The van der Waals surface area contributed by atoms with Crippen LogP contribution in [0.25, 0.3) is 11.2 Å². The Labute approximate surface area is 129 Å². The predicted octanol–water partition coefficient (Wildman–Crippen LogP) is -1.74. The summed E-state index contributed by atoms with van der Waals surface area (Å²) in [6, 6.07) is 0. The second-order valence-corrected chi connectivity index (χ2v) is 5.13. The number of hydrogen-bond acceptors (Lipinski definition) is 6. The van der Waals surface area contributed by atoms with E-state index in [1.165, 1.54) is 4.57 Å². The van der Waals surface area contributed by atoms with Gasteiger partial charge < -0.3 is 16.2 Å². The summed E-state index contributed by atoms with van der Waals surface area (Å²) in [5.41, 5.74) is 9.70. The molecule has 10 heteroatoms. The predicted molar refractivity (Wildman–Crippen MR) is 80.2 cm³/mol. The summed E-state index contributed by atoms with van der Waals surface area (Å²) in [6.07, 6.45) is 4.43. The number of imidazole rings is 1. The first-order valence-electron chi connectivity index (χ1n) is 6.82. The number of fused-ring (bicyclic) bond motifs is 1. The number of anilines is 1. The largest absolute Gasteiger partial charge is 0.369 e. The Hall–Kier alpha value is -3.06. The van der Waals surface area contributed by atoms with E-state index in [1.807, 2.05) is 0 Å². The third-order valence-electron chi connectivity index (χ3n) is 3.68. The smallest absolute Gasteiger partial charge is 0.333 e. The third kappa shape index (κ3) is 2.27. The van der Waals surface area contributed by atoms with Gasteiger partial charge in [-0.25, -0.2) is 9.36 Å². The van der Waals surface area contributed by atoms with E-state index in [1.54, 1.807) is 0 Å². The molecule has 2 unspecified atom stereocenters. The molecule has 2 aromatic rings. The molecule has 23 heavy (non-hydrogen) atoms. The van der Waals surface area contributed by atoms with Crippen LogP contribution in [0.4, 0.5) is 5.95 Å². The van der Waals surface area contributed by atoms with E-state index in [4.69, 9.17) is 22.6 Å². The molecular formula is C13H14N6O4. The zero-order chi connectivity index (χ0) is 16.7. The maximum Gasteiger partial charge on any atom is 0.333 e. The first kappa shape index (κ1) is 14.9. The monoisotopic (exact) mass is 318 g/mol. The van der Waals surface area contributed by atoms with Gasteiger partial charge in [-0.05, 0) is 12.8 Å². The lowest BCUT2D eigenvalue weighted by Gasteiger charge is -2.12. The molecule has 0 bridgehead atoms. The van der Waals surface area contributed by atoms with Crippen LogP contribution < -0.4 is 22.7 Å². The van der Waals surface area contributed by atoms with Gasteiger partial charge in [-0.1, -0.05) is 5.92 Å². The molecule has 1 aliphatic rings. The number of H-pyrrole nitrogens is 1. The molecule has 0 aromatic carbocycles. The normalized spacial score (nSPS) is 20.7. The Balaban J connectivity index is 2.24. The number of terminal acetylenes is 1. The molecule has 1 aliphatic heterocycles. The van der Waals surface area contributed by atoms with Crippen molar-refractivity contribution in [1.82, 2.24) is 19.1 Å². The van der Waals surface area contributed by atoms with E-state index < -0.39 is 29.5 Å². The van der Waals surface area contributed by atoms with Gasteiger partial charge in [0.1, 0.15) is 12.3 Å². The summed E-state index contributed by atoms with van der Waals surface area (Å²) in [4.78, 5) is 42.3. The lowest BCUT2D eigenvalue weighted by molar-refractivity contribution is -0.130. The van der Waals surface area contributed by atoms with Crippen LogP contribution in [0.1, 0.15) is 19.1 Å². The fourth-order valence-electron chi connectivity index (χ4n) is 2.72. The van der Waals surface area contributed by atoms with Gasteiger partial charge in [0.05, 0.1) is 6.54 Å². The van der Waals surface area contributed by atoms with Crippen LogP contribution in [-0.4, -0.2) is 31.1 Å². The molecule has 3 heterocycles. The zero-order valence-corrected chi connectivity index (χ0v) is 12.0. The number of rotatable bonds is 3. The Morgan fingerprint density at radius 3 is 2.83 bits per heavy atom. The number of nitrogens with zero attached hydrogens (tertiary/aromatic N) is 3. The number of aromatic amines is 1. The van der Waals surface area contributed by atoms with E-state index in [-0.39, 0.29) is 23.7 Å². The average molecular weight is 318 g/mol. The molecule has 0 radical (unpaired) electrons. The fraction of sp³-hybridized carbons (Fsp3) is 0.385. The topological polar surface area (TPSA) is 151 Å². The number of carbonyl (C=O) groups is 1. The van der Waals surface area contributed by atoms with Crippen molar-refractivity contribution < 1.29 is 9.53 Å². The fourth-order valence-corrected chi connectivity index (χ4v) is 2.72. The highest BCUT2D eigenvalue weighted by Gasteiger charge is 2.33. The van der Waals surface area contributed by atoms with Crippen LogP contribution in [0.15, 0.2) is 9.59 Å². The molecule has 0 aliphatic carbocycles. The Bertz CT molecular complexity index is 946. The number of nitrogen functional groups attached to an aromatic ring is 1. The van der Waals surface area contributed by atoms with Crippen LogP contribution in [0.5, 0.6) is 0 Å². The van der Waals surface area contributed by atoms with Crippen molar-refractivity contribution in [3.8, 4) is 12.3 Å². The number of nitrogens with two attached hydrogens (primary N) is 2. The number of amides is 1. The second kappa shape index (κ2) is 5.29. The van der Waals surface area contributed by atoms with Gasteiger partial charge in [-0.2, -0.15) is 4.98 Å². The zero-order valence-electron chi connectivity index (χ0n) is 12.0. The maximum absolute atomic E-state index is 12.6. The highest BCUT2D eigenvalue weighted by Crippen LogP contribution is 2.29. The van der Waals surface area contributed by atoms with Crippen LogP contribution in [0.3, 0.4) is 0 Å². The maximum atomic E-state index is 12.6. The standard InChI is InChI=1S/C13H14N6O4/c1-2-5-18-8-10(16-12(15)17-11(8)21)19(13(18)22)7-4-3-6(23-7)9(14)20/h1,6-7H,3-5H2,(H2,14,20)(H3,15,16,17,21). The van der Waals surface area contributed by atoms with Gasteiger partial charge in [-0.3, -0.25) is 19.1 Å². The van der Waals surface area contributed by atoms with Crippen LogP contribution >= 0.6 is 0 Å². The number of primary amides is 1. The molecule has 5 N–H and O–H groups in total. The quantitative estimate of drug-likeness (QED) is 0.572. The molecule has 1 saturated heterocycles. The van der Waals surface area contributed by atoms with Gasteiger partial charge in [-0.15, -0.1) is 6.42 Å². The molecule has 2 atom stereocenters. The summed E-state index contributed by atoms with van der Waals surface area (Å²) in [7, 11) is 0. The molecular weight excluding hydrogens is 304 g/mol. The van der Waals surface area contributed by atoms with Crippen molar-refractivity contribution in [2.45, 2.75) is 31.7 Å². The SMILES string of the molecule is C#CCn1c(=O)n(C2CCC(C(N)=O)O2)c2nc(N)[nH]c(=O)c21. The number of nitrogens with one attached hydrogen (secondary N) is 1. The van der Waals surface area contributed by atoms with Crippen molar-refractivity contribution in [3.05, 3.63) is 20.8 Å². The number of ether oxygens (including phenoxy) is 1. The third-order valence-corrected chi connectivity index (χ3v) is 3.68. The Morgan fingerprint density at radius 2 is 2.22 bits per heavy atom. The Morgan fingerprint density at radius 1 is 1.48 bits per heavy atom. The molecule has 1 fully saturated rings. The average Bonchev–Trinajstić information content (AvgIpc) is 3.03. The van der Waals surface area contributed by atoms with Crippen LogP contribution in [0.2, 0.25) is 0 Å². The molecule has 0 saturated carbocycles. The molecule has 1 amide bonds. The first-order chi connectivity index (χ1) is 10.9. The van der Waals surface area contributed by atoms with Crippen LogP contribution in [-0.2, 0) is 16.1 Å². The molecule has 0 spiro atoms.